The normalized spacial score (nSPS) is 12.3. The van der Waals surface area contributed by atoms with Crippen LogP contribution in [-0.4, -0.2) is 12.1 Å². The molecule has 1 heteroatoms. The zero-order valence-corrected chi connectivity index (χ0v) is 18.8. The molecular weight excluding hydrogens is 338 g/mol. The number of unbranched alkanes of at least 4 members (excludes halogenated alkanes) is 6. The molecule has 0 unspecified atom stereocenters. The van der Waals surface area contributed by atoms with Gasteiger partial charge in [0.2, 0.25) is 0 Å². The molecule has 0 aliphatic rings. The van der Waals surface area contributed by atoms with E-state index in [0.717, 1.165) is 4.48 Å². The van der Waals surface area contributed by atoms with Gasteiger partial charge in [0.25, 0.3) is 0 Å². The molecule has 0 atom stereocenters. The minimum Gasteiger partial charge on any atom is -0.254 e. The third-order valence-electron chi connectivity index (χ3n) is 6.39. The summed E-state index contributed by atoms with van der Waals surface area (Å²) in [6.45, 7) is 10.7. The first-order valence-corrected chi connectivity index (χ1v) is 11.6. The van der Waals surface area contributed by atoms with Crippen molar-refractivity contribution in [3.8, 4) is 0 Å². The van der Waals surface area contributed by atoms with Crippen molar-refractivity contribution in [1.82, 2.24) is 4.48 Å². The largest absolute Gasteiger partial charge is 0.254 e. The van der Waals surface area contributed by atoms with Crippen LogP contribution in [-0.2, 0) is 0 Å². The Labute approximate surface area is 174 Å². The van der Waals surface area contributed by atoms with E-state index in [9.17, 15) is 0 Å². The van der Waals surface area contributed by atoms with Crippen molar-refractivity contribution in [2.75, 3.05) is 6.54 Å². The molecule has 0 N–H and O–H groups in total. The van der Waals surface area contributed by atoms with Crippen LogP contribution in [0.2, 0.25) is 0 Å². The maximum atomic E-state index is 2.47. The summed E-state index contributed by atoms with van der Waals surface area (Å²) in [5.74, 6) is 0. The molecule has 0 bridgehead atoms. The van der Waals surface area contributed by atoms with Gasteiger partial charge in [-0.05, 0) is 51.0 Å². The summed E-state index contributed by atoms with van der Waals surface area (Å²) in [5, 5.41) is 0. The maximum absolute atomic E-state index is 2.47. The average molecular weight is 381 g/mol. The van der Waals surface area contributed by atoms with E-state index in [2.05, 4.69) is 88.4 Å². The van der Waals surface area contributed by atoms with Crippen molar-refractivity contribution in [1.29, 1.82) is 0 Å². The summed E-state index contributed by atoms with van der Waals surface area (Å²) < 4.78 is 0.956. The van der Waals surface area contributed by atoms with Crippen LogP contribution in [0.3, 0.4) is 0 Å². The molecule has 0 aliphatic carbocycles. The molecule has 0 aliphatic heterocycles. The highest BCUT2D eigenvalue weighted by Crippen LogP contribution is 2.45. The summed E-state index contributed by atoms with van der Waals surface area (Å²) >= 11 is 0. The van der Waals surface area contributed by atoms with Gasteiger partial charge in [0.15, 0.2) is 0 Å². The van der Waals surface area contributed by atoms with Gasteiger partial charge in [-0.2, -0.15) is 0 Å². The lowest BCUT2D eigenvalue weighted by atomic mass is 9.89. The summed E-state index contributed by atoms with van der Waals surface area (Å²) in [6.07, 6.45) is 11.9. The molecule has 0 aromatic heterocycles. The molecule has 0 saturated carbocycles. The van der Waals surface area contributed by atoms with Crippen LogP contribution in [0.4, 0.5) is 11.4 Å². The van der Waals surface area contributed by atoms with Gasteiger partial charge in [0.1, 0.15) is 16.9 Å². The fraction of sp³-hybridized carbons (Fsp3) is 0.556. The molecule has 0 heterocycles. The molecule has 2 aromatic rings. The first kappa shape index (κ1) is 22.7. The van der Waals surface area contributed by atoms with Crippen LogP contribution in [0.1, 0.15) is 85.5 Å². The van der Waals surface area contributed by atoms with Crippen molar-refractivity contribution < 1.29 is 0 Å². The minimum atomic E-state index is 0.152. The van der Waals surface area contributed by atoms with E-state index in [1.54, 1.807) is 0 Å². The highest BCUT2D eigenvalue weighted by Gasteiger charge is 2.46. The fourth-order valence-electron chi connectivity index (χ4n) is 4.88. The van der Waals surface area contributed by atoms with Crippen LogP contribution in [0.25, 0.3) is 0 Å². The van der Waals surface area contributed by atoms with Gasteiger partial charge in [0, 0.05) is 6.42 Å². The molecule has 0 fully saturated rings. The Bertz CT molecular complexity index is 605. The first-order chi connectivity index (χ1) is 13.6. The predicted molar refractivity (Wildman–Crippen MR) is 126 cm³/mol. The second-order valence-corrected chi connectivity index (χ2v) is 8.89. The zero-order valence-electron chi connectivity index (χ0n) is 18.8. The Morgan fingerprint density at radius 3 is 1.54 bits per heavy atom. The Kier molecular flexibility index (Phi) is 9.25. The molecule has 0 amide bonds. The summed E-state index contributed by atoms with van der Waals surface area (Å²) in [7, 11) is 0. The third kappa shape index (κ3) is 5.47. The highest BCUT2D eigenvalue weighted by molar-refractivity contribution is 5.60. The molecule has 0 saturated heterocycles. The molecule has 1 nitrogen and oxygen atoms in total. The zero-order chi connectivity index (χ0) is 20.3. The van der Waals surface area contributed by atoms with Gasteiger partial charge in [0.05, 0.1) is 6.54 Å². The highest BCUT2D eigenvalue weighted by atomic mass is 15.4. The average Bonchev–Trinajstić information content (AvgIpc) is 2.71. The van der Waals surface area contributed by atoms with Crippen molar-refractivity contribution in [3.63, 3.8) is 0 Å². The summed E-state index contributed by atoms with van der Waals surface area (Å²) in [4.78, 5) is 0. The molecule has 2 rings (SSSR count). The lowest BCUT2D eigenvalue weighted by Gasteiger charge is -2.50. The Balaban J connectivity index is 2.32. The molecular formula is C27H42N+. The molecule has 28 heavy (non-hydrogen) atoms. The van der Waals surface area contributed by atoms with Crippen molar-refractivity contribution in [3.05, 3.63) is 60.7 Å². The van der Waals surface area contributed by atoms with Crippen molar-refractivity contribution in [2.24, 2.45) is 0 Å². The van der Waals surface area contributed by atoms with Crippen LogP contribution < -0.4 is 4.48 Å². The van der Waals surface area contributed by atoms with Crippen LogP contribution in [0.5, 0.6) is 0 Å². The number of rotatable bonds is 13. The number of quaternary nitrogens is 1. The second-order valence-electron chi connectivity index (χ2n) is 8.89. The van der Waals surface area contributed by atoms with Gasteiger partial charge in [-0.1, -0.05) is 88.8 Å². The van der Waals surface area contributed by atoms with E-state index in [0.29, 0.717) is 0 Å². The Hall–Kier alpha value is -1.60. The van der Waals surface area contributed by atoms with Gasteiger partial charge in [-0.3, -0.25) is 4.48 Å². The topological polar surface area (TPSA) is 0 Å². The van der Waals surface area contributed by atoms with Crippen molar-refractivity contribution >= 4 is 11.4 Å². The molecule has 2 aromatic carbocycles. The van der Waals surface area contributed by atoms with Crippen LogP contribution in [0, 0.1) is 0 Å². The predicted octanol–water partition coefficient (Wildman–Crippen LogP) is 8.65. The monoisotopic (exact) mass is 380 g/mol. The van der Waals surface area contributed by atoms with Crippen LogP contribution >= 0.6 is 0 Å². The van der Waals surface area contributed by atoms with Crippen molar-refractivity contribution in [2.45, 2.75) is 91.0 Å². The Morgan fingerprint density at radius 2 is 1.07 bits per heavy atom. The number of nitrogens with zero attached hydrogens (tertiary/aromatic N) is 1. The van der Waals surface area contributed by atoms with E-state index < -0.39 is 0 Å². The fourth-order valence-corrected chi connectivity index (χ4v) is 4.88. The summed E-state index contributed by atoms with van der Waals surface area (Å²) in [6, 6.07) is 22.5. The molecule has 0 spiro atoms. The van der Waals surface area contributed by atoms with Gasteiger partial charge >= 0.3 is 0 Å². The SMILES string of the molecule is CCCCCCCCC[N+](c1ccccc1)(c1ccccc1)C(C)(C)CCC. The van der Waals surface area contributed by atoms with E-state index in [1.807, 2.05) is 0 Å². The lowest BCUT2D eigenvalue weighted by Crippen LogP contribution is -2.60. The second kappa shape index (κ2) is 11.4. The van der Waals surface area contributed by atoms with E-state index >= 15 is 0 Å². The summed E-state index contributed by atoms with van der Waals surface area (Å²) in [5.41, 5.74) is 3.01. The van der Waals surface area contributed by atoms with E-state index in [4.69, 9.17) is 0 Å². The lowest BCUT2D eigenvalue weighted by molar-refractivity contribution is 0.178. The van der Waals surface area contributed by atoms with E-state index in [1.165, 1.54) is 75.7 Å². The number of benzene rings is 2. The van der Waals surface area contributed by atoms with E-state index in [-0.39, 0.29) is 5.54 Å². The molecule has 154 valence electrons. The number of para-hydroxylation sites is 2. The van der Waals surface area contributed by atoms with Gasteiger partial charge in [-0.15, -0.1) is 0 Å². The van der Waals surface area contributed by atoms with Gasteiger partial charge in [-0.25, -0.2) is 0 Å². The number of hydrogen-bond donors (Lipinski definition) is 0. The van der Waals surface area contributed by atoms with Gasteiger partial charge < -0.3 is 0 Å². The molecule has 0 radical (unpaired) electrons. The third-order valence-corrected chi connectivity index (χ3v) is 6.39. The first-order valence-electron chi connectivity index (χ1n) is 11.6. The minimum absolute atomic E-state index is 0.152. The Morgan fingerprint density at radius 1 is 0.607 bits per heavy atom. The quantitative estimate of drug-likeness (QED) is 0.241. The van der Waals surface area contributed by atoms with Crippen LogP contribution in [0.15, 0.2) is 60.7 Å². The number of hydrogen-bond acceptors (Lipinski definition) is 0. The standard InChI is InChI=1S/C27H42N/c1-5-7-8-9-10-11-18-24-28(27(3,4)23-6-2,25-19-14-12-15-20-25)26-21-16-13-17-22-26/h12-17,19-22H,5-11,18,23-24H2,1-4H3/q+1. The maximum Gasteiger partial charge on any atom is 0.138 e. The smallest absolute Gasteiger partial charge is 0.138 e.